The largest absolute Gasteiger partial charge is 0.372 e. The average Bonchev–Trinajstić information content (AvgIpc) is 2.65. The molecule has 14 heavy (non-hydrogen) atoms. The van der Waals surface area contributed by atoms with E-state index in [2.05, 4.69) is 24.1 Å². The Balaban J connectivity index is 2.02. The molecule has 0 atom stereocenters. The fourth-order valence-electron chi connectivity index (χ4n) is 1.54. The van der Waals surface area contributed by atoms with Gasteiger partial charge in [-0.1, -0.05) is 24.1 Å². The van der Waals surface area contributed by atoms with E-state index in [1.807, 2.05) is 0 Å². The van der Waals surface area contributed by atoms with Gasteiger partial charge in [-0.25, -0.2) is 0 Å². The predicted octanol–water partition coefficient (Wildman–Crippen LogP) is 1.87. The third kappa shape index (κ3) is 1.95. The Bertz CT molecular complexity index is 363. The van der Waals surface area contributed by atoms with Crippen molar-refractivity contribution in [2.45, 2.75) is 19.8 Å². The Morgan fingerprint density at radius 3 is 3.07 bits per heavy atom. The first kappa shape index (κ1) is 9.26. The van der Waals surface area contributed by atoms with E-state index in [4.69, 9.17) is 15.9 Å². The van der Waals surface area contributed by atoms with Gasteiger partial charge in [0.05, 0.1) is 19.8 Å². The summed E-state index contributed by atoms with van der Waals surface area (Å²) in [5, 5.41) is 0. The van der Waals surface area contributed by atoms with E-state index >= 15 is 0 Å². The zero-order chi connectivity index (χ0) is 9.80. The van der Waals surface area contributed by atoms with Gasteiger partial charge < -0.3 is 9.47 Å². The lowest BCUT2D eigenvalue weighted by Crippen LogP contribution is -1.94. The number of ether oxygens (including phenoxy) is 2. The molecule has 1 aromatic rings. The highest BCUT2D eigenvalue weighted by Gasteiger charge is 2.10. The Morgan fingerprint density at radius 1 is 1.36 bits per heavy atom. The number of rotatable bonds is 3. The van der Waals surface area contributed by atoms with E-state index in [-0.39, 0.29) is 0 Å². The third-order valence-electron chi connectivity index (χ3n) is 2.24. The molecule has 0 unspecified atom stereocenters. The summed E-state index contributed by atoms with van der Waals surface area (Å²) in [7, 11) is 0. The summed E-state index contributed by atoms with van der Waals surface area (Å²) in [6.45, 7) is 2.41. The summed E-state index contributed by atoms with van der Waals surface area (Å²) in [5.74, 6) is 2.44. The van der Waals surface area contributed by atoms with Crippen LogP contribution in [0.1, 0.15) is 16.7 Å². The highest BCUT2D eigenvalue weighted by Crippen LogP contribution is 2.20. The maximum absolute atomic E-state index is 5.32. The van der Waals surface area contributed by atoms with Crippen LogP contribution in [0.2, 0.25) is 0 Å². The molecule has 0 saturated heterocycles. The van der Waals surface area contributed by atoms with Crippen LogP contribution in [0.4, 0.5) is 0 Å². The highest BCUT2D eigenvalue weighted by molar-refractivity contribution is 5.32. The maximum atomic E-state index is 5.32. The molecule has 0 saturated carbocycles. The molecule has 0 bridgehead atoms. The lowest BCUT2D eigenvalue weighted by atomic mass is 10.1. The molecule has 0 N–H and O–H groups in total. The lowest BCUT2D eigenvalue weighted by Gasteiger charge is -2.03. The van der Waals surface area contributed by atoms with Gasteiger partial charge in [-0.15, -0.1) is 6.42 Å². The Morgan fingerprint density at radius 2 is 2.21 bits per heavy atom. The minimum atomic E-state index is 0.369. The molecule has 0 aliphatic carbocycles. The SMILES string of the molecule is C#CCOCc1ccc2c(c1)COC2. The van der Waals surface area contributed by atoms with Gasteiger partial charge in [0, 0.05) is 0 Å². The number of hydrogen-bond donors (Lipinski definition) is 0. The summed E-state index contributed by atoms with van der Waals surface area (Å²) in [4.78, 5) is 0. The van der Waals surface area contributed by atoms with E-state index in [1.165, 1.54) is 11.1 Å². The highest BCUT2D eigenvalue weighted by atomic mass is 16.5. The average molecular weight is 188 g/mol. The van der Waals surface area contributed by atoms with E-state index in [1.54, 1.807) is 0 Å². The zero-order valence-corrected chi connectivity index (χ0v) is 7.95. The fourth-order valence-corrected chi connectivity index (χ4v) is 1.54. The zero-order valence-electron chi connectivity index (χ0n) is 7.95. The van der Waals surface area contributed by atoms with Crippen molar-refractivity contribution in [2.24, 2.45) is 0 Å². The molecule has 0 amide bonds. The van der Waals surface area contributed by atoms with E-state index in [0.717, 1.165) is 18.8 Å². The second-order valence-corrected chi connectivity index (χ2v) is 3.29. The van der Waals surface area contributed by atoms with Gasteiger partial charge >= 0.3 is 0 Å². The minimum absolute atomic E-state index is 0.369. The van der Waals surface area contributed by atoms with Crippen molar-refractivity contribution < 1.29 is 9.47 Å². The monoisotopic (exact) mass is 188 g/mol. The summed E-state index contributed by atoms with van der Waals surface area (Å²) >= 11 is 0. The molecule has 72 valence electrons. The predicted molar refractivity (Wildman–Crippen MR) is 53.4 cm³/mol. The number of terminal acetylenes is 1. The second kappa shape index (κ2) is 4.28. The number of fused-ring (bicyclic) bond motifs is 1. The minimum Gasteiger partial charge on any atom is -0.372 e. The molecular formula is C12H12O2. The number of benzene rings is 1. The van der Waals surface area contributed by atoms with Crippen LogP contribution in [0.5, 0.6) is 0 Å². The van der Waals surface area contributed by atoms with Crippen LogP contribution in [-0.2, 0) is 29.3 Å². The summed E-state index contributed by atoms with van der Waals surface area (Å²) < 4.78 is 10.6. The Hall–Kier alpha value is -1.30. The molecule has 1 aromatic carbocycles. The van der Waals surface area contributed by atoms with Crippen molar-refractivity contribution in [3.8, 4) is 12.3 Å². The van der Waals surface area contributed by atoms with E-state index in [9.17, 15) is 0 Å². The third-order valence-corrected chi connectivity index (χ3v) is 2.24. The van der Waals surface area contributed by atoms with Gasteiger partial charge in [0.15, 0.2) is 0 Å². The second-order valence-electron chi connectivity index (χ2n) is 3.29. The topological polar surface area (TPSA) is 18.5 Å². The number of hydrogen-bond acceptors (Lipinski definition) is 2. The first-order chi connectivity index (χ1) is 6.90. The molecular weight excluding hydrogens is 176 g/mol. The molecule has 2 rings (SSSR count). The van der Waals surface area contributed by atoms with Crippen molar-refractivity contribution in [1.82, 2.24) is 0 Å². The van der Waals surface area contributed by atoms with Crippen LogP contribution >= 0.6 is 0 Å². The van der Waals surface area contributed by atoms with Crippen LogP contribution in [0.25, 0.3) is 0 Å². The summed E-state index contributed by atoms with van der Waals surface area (Å²) in [6, 6.07) is 6.28. The molecule has 0 spiro atoms. The summed E-state index contributed by atoms with van der Waals surface area (Å²) in [6.07, 6.45) is 5.09. The van der Waals surface area contributed by atoms with Crippen molar-refractivity contribution in [3.63, 3.8) is 0 Å². The first-order valence-electron chi connectivity index (χ1n) is 4.60. The van der Waals surface area contributed by atoms with Crippen LogP contribution < -0.4 is 0 Å². The van der Waals surface area contributed by atoms with Gasteiger partial charge in [0.2, 0.25) is 0 Å². The van der Waals surface area contributed by atoms with Gasteiger partial charge in [-0.3, -0.25) is 0 Å². The van der Waals surface area contributed by atoms with E-state index < -0.39 is 0 Å². The Labute approximate surface area is 83.8 Å². The molecule has 1 aliphatic rings. The van der Waals surface area contributed by atoms with Crippen molar-refractivity contribution >= 4 is 0 Å². The van der Waals surface area contributed by atoms with Crippen molar-refractivity contribution in [2.75, 3.05) is 6.61 Å². The van der Waals surface area contributed by atoms with Crippen LogP contribution in [-0.4, -0.2) is 6.61 Å². The molecule has 0 aromatic heterocycles. The van der Waals surface area contributed by atoms with Gasteiger partial charge in [-0.2, -0.15) is 0 Å². The summed E-state index contributed by atoms with van der Waals surface area (Å²) in [5.41, 5.74) is 3.71. The van der Waals surface area contributed by atoms with Crippen molar-refractivity contribution in [1.29, 1.82) is 0 Å². The normalized spacial score (nSPS) is 13.6. The van der Waals surface area contributed by atoms with Crippen LogP contribution in [0.15, 0.2) is 18.2 Å². The molecule has 0 radical (unpaired) electrons. The smallest absolute Gasteiger partial charge is 0.107 e. The fraction of sp³-hybridized carbons (Fsp3) is 0.333. The van der Waals surface area contributed by atoms with Crippen molar-refractivity contribution in [3.05, 3.63) is 34.9 Å². The van der Waals surface area contributed by atoms with Gasteiger partial charge in [0.25, 0.3) is 0 Å². The Kier molecular flexibility index (Phi) is 2.83. The van der Waals surface area contributed by atoms with Gasteiger partial charge in [0.1, 0.15) is 6.61 Å². The van der Waals surface area contributed by atoms with Gasteiger partial charge in [-0.05, 0) is 16.7 Å². The molecule has 1 aliphatic heterocycles. The standard InChI is InChI=1S/C12H12O2/c1-2-5-13-7-10-3-4-11-8-14-9-12(11)6-10/h1,3-4,6H,5,7-9H2. The lowest BCUT2D eigenvalue weighted by molar-refractivity contribution is 0.134. The quantitative estimate of drug-likeness (QED) is 0.532. The maximum Gasteiger partial charge on any atom is 0.107 e. The molecule has 1 heterocycles. The molecule has 2 nitrogen and oxygen atoms in total. The first-order valence-corrected chi connectivity index (χ1v) is 4.60. The van der Waals surface area contributed by atoms with Crippen LogP contribution in [0.3, 0.4) is 0 Å². The van der Waals surface area contributed by atoms with E-state index in [0.29, 0.717) is 13.2 Å². The van der Waals surface area contributed by atoms with Crippen LogP contribution in [0, 0.1) is 12.3 Å². The molecule has 2 heteroatoms. The molecule has 0 fully saturated rings.